The number of nitrogens with zero attached hydrogens (tertiary/aromatic N) is 3. The second-order valence-electron chi connectivity index (χ2n) is 8.55. The van der Waals surface area contributed by atoms with Gasteiger partial charge < -0.3 is 25.0 Å². The normalized spacial score (nSPS) is 13.9. The molecule has 2 aromatic carbocycles. The van der Waals surface area contributed by atoms with Gasteiger partial charge in [-0.25, -0.2) is 13.4 Å². The van der Waals surface area contributed by atoms with Crippen LogP contribution in [0.1, 0.15) is 24.2 Å². The Bertz CT molecular complexity index is 1390. The fraction of sp³-hybridized carbons (Fsp3) is 0.320. The molecule has 0 bridgehead atoms. The highest BCUT2D eigenvalue weighted by Gasteiger charge is 2.23. The van der Waals surface area contributed by atoms with E-state index in [9.17, 15) is 13.2 Å². The van der Waals surface area contributed by atoms with Gasteiger partial charge >= 0.3 is 0 Å². The van der Waals surface area contributed by atoms with Crippen LogP contribution >= 0.6 is 22.6 Å². The Balaban J connectivity index is 1.58. The molecule has 10 nitrogen and oxygen atoms in total. The second kappa shape index (κ2) is 11.6. The van der Waals surface area contributed by atoms with Gasteiger partial charge in [0.25, 0.3) is 5.91 Å². The van der Waals surface area contributed by atoms with Gasteiger partial charge in [-0.15, -0.1) is 0 Å². The van der Waals surface area contributed by atoms with Crippen LogP contribution in [0.15, 0.2) is 53.6 Å². The molecule has 1 aliphatic heterocycles. The van der Waals surface area contributed by atoms with Gasteiger partial charge in [-0.2, -0.15) is 4.98 Å². The number of morpholine rings is 1. The number of ether oxygens (including phenoxy) is 2. The van der Waals surface area contributed by atoms with E-state index in [2.05, 4.69) is 43.2 Å². The molecule has 0 unspecified atom stereocenters. The summed E-state index contributed by atoms with van der Waals surface area (Å²) in [4.78, 5) is 23.7. The zero-order chi connectivity index (χ0) is 26.6. The van der Waals surface area contributed by atoms with E-state index in [1.54, 1.807) is 67.4 Å². The van der Waals surface area contributed by atoms with Crippen molar-refractivity contribution in [2.45, 2.75) is 24.0 Å². The number of amides is 1. The molecule has 3 aromatic rings. The van der Waals surface area contributed by atoms with Crippen molar-refractivity contribution < 1.29 is 22.7 Å². The van der Waals surface area contributed by atoms with Gasteiger partial charge in [-0.1, -0.05) is 12.1 Å². The Kier molecular flexibility index (Phi) is 8.49. The summed E-state index contributed by atoms with van der Waals surface area (Å²) < 4.78 is 37.3. The number of nitrogens with one attached hydrogen (secondary N) is 2. The van der Waals surface area contributed by atoms with Crippen molar-refractivity contribution in [1.82, 2.24) is 14.9 Å². The van der Waals surface area contributed by atoms with Gasteiger partial charge in [-0.05, 0) is 66.8 Å². The molecule has 1 amide bonds. The molecule has 1 aliphatic rings. The number of para-hydroxylation sites is 1. The molecular formula is C25H28IN5O5S. The summed E-state index contributed by atoms with van der Waals surface area (Å²) in [5.41, 5.74) is 1.52. The maximum absolute atomic E-state index is 12.9. The Morgan fingerprint density at radius 3 is 2.54 bits per heavy atom. The Morgan fingerprint density at radius 2 is 1.84 bits per heavy atom. The minimum absolute atomic E-state index is 0.0832. The first-order valence-electron chi connectivity index (χ1n) is 11.6. The largest absolute Gasteiger partial charge is 0.495 e. The van der Waals surface area contributed by atoms with E-state index in [1.165, 1.54) is 7.11 Å². The van der Waals surface area contributed by atoms with Gasteiger partial charge in [0.2, 0.25) is 5.95 Å². The van der Waals surface area contributed by atoms with Crippen LogP contribution in [0.25, 0.3) is 0 Å². The van der Waals surface area contributed by atoms with E-state index in [4.69, 9.17) is 9.47 Å². The molecule has 1 fully saturated rings. The number of sulfone groups is 1. The van der Waals surface area contributed by atoms with E-state index >= 15 is 0 Å². The summed E-state index contributed by atoms with van der Waals surface area (Å²) in [5, 5.41) is 5.71. The van der Waals surface area contributed by atoms with Crippen molar-refractivity contribution in [3.8, 4) is 5.75 Å². The number of hydrogen-bond donors (Lipinski definition) is 2. The maximum Gasteiger partial charge on any atom is 0.254 e. The Hall–Kier alpha value is -2.97. The first-order valence-corrected chi connectivity index (χ1v) is 14.3. The van der Waals surface area contributed by atoms with Gasteiger partial charge in [0.15, 0.2) is 9.84 Å². The first kappa shape index (κ1) is 27.1. The van der Waals surface area contributed by atoms with Crippen molar-refractivity contribution in [1.29, 1.82) is 0 Å². The van der Waals surface area contributed by atoms with E-state index < -0.39 is 15.1 Å². The Labute approximate surface area is 229 Å². The molecule has 2 N–H and O–H groups in total. The lowest BCUT2D eigenvalue weighted by Gasteiger charge is -2.27. The third kappa shape index (κ3) is 6.13. The monoisotopic (exact) mass is 637 g/mol. The van der Waals surface area contributed by atoms with E-state index in [-0.39, 0.29) is 16.8 Å². The van der Waals surface area contributed by atoms with Crippen molar-refractivity contribution in [2.24, 2.45) is 0 Å². The maximum atomic E-state index is 12.9. The SMILES string of the molecule is COc1cc(C(=O)N2CCOCC2)ccc1Nc1ncc(I)c(Nc2ccccc2S(=O)(=O)C(C)C)n1. The minimum atomic E-state index is -3.51. The van der Waals surface area contributed by atoms with Crippen LogP contribution in [0.3, 0.4) is 0 Å². The van der Waals surface area contributed by atoms with Crippen LogP contribution in [0, 0.1) is 3.57 Å². The molecule has 2 heterocycles. The summed E-state index contributed by atoms with van der Waals surface area (Å²) in [5.74, 6) is 1.10. The fourth-order valence-electron chi connectivity index (χ4n) is 3.71. The number of anilines is 4. The summed E-state index contributed by atoms with van der Waals surface area (Å²) in [6, 6.07) is 11.9. The molecule has 0 atom stereocenters. The molecule has 0 spiro atoms. The third-order valence-corrected chi connectivity index (χ3v) is 8.80. The predicted octanol–water partition coefficient (Wildman–Crippen LogP) is 4.23. The van der Waals surface area contributed by atoms with Gasteiger partial charge in [-0.3, -0.25) is 4.79 Å². The van der Waals surface area contributed by atoms with E-state index in [0.717, 1.165) is 0 Å². The zero-order valence-electron chi connectivity index (χ0n) is 20.7. The zero-order valence-corrected chi connectivity index (χ0v) is 23.7. The van der Waals surface area contributed by atoms with Crippen LogP contribution in [0.4, 0.5) is 23.1 Å². The number of carbonyl (C=O) groups is 1. The summed E-state index contributed by atoms with van der Waals surface area (Å²) in [6.45, 7) is 5.45. The fourth-order valence-corrected chi connectivity index (χ4v) is 5.31. The highest BCUT2D eigenvalue weighted by Crippen LogP contribution is 2.31. The lowest BCUT2D eigenvalue weighted by molar-refractivity contribution is 0.0302. The van der Waals surface area contributed by atoms with Crippen molar-refractivity contribution in [2.75, 3.05) is 44.0 Å². The van der Waals surface area contributed by atoms with Gasteiger partial charge in [0.1, 0.15) is 11.6 Å². The molecule has 196 valence electrons. The molecular weight excluding hydrogens is 609 g/mol. The number of halogens is 1. The van der Waals surface area contributed by atoms with Crippen LogP contribution in [0.5, 0.6) is 5.75 Å². The van der Waals surface area contributed by atoms with Crippen molar-refractivity contribution >= 4 is 61.5 Å². The molecule has 37 heavy (non-hydrogen) atoms. The molecule has 4 rings (SSSR count). The average Bonchev–Trinajstić information content (AvgIpc) is 2.91. The molecule has 0 saturated carbocycles. The minimum Gasteiger partial charge on any atom is -0.495 e. The lowest BCUT2D eigenvalue weighted by atomic mass is 10.1. The first-order chi connectivity index (χ1) is 17.7. The number of carbonyl (C=O) groups excluding carboxylic acids is 1. The molecule has 12 heteroatoms. The highest BCUT2D eigenvalue weighted by atomic mass is 127. The molecule has 0 radical (unpaired) electrons. The molecule has 1 aromatic heterocycles. The molecule has 1 saturated heterocycles. The topological polar surface area (TPSA) is 123 Å². The lowest BCUT2D eigenvalue weighted by Crippen LogP contribution is -2.40. The summed E-state index contributed by atoms with van der Waals surface area (Å²) >= 11 is 2.09. The van der Waals surface area contributed by atoms with Crippen LogP contribution in [-0.4, -0.2) is 67.9 Å². The van der Waals surface area contributed by atoms with E-state index in [1.807, 2.05) is 0 Å². The second-order valence-corrected chi connectivity index (χ2v) is 12.2. The third-order valence-electron chi connectivity index (χ3n) is 5.80. The van der Waals surface area contributed by atoms with Crippen molar-refractivity contribution in [3.05, 3.63) is 57.8 Å². The molecule has 0 aliphatic carbocycles. The summed E-state index contributed by atoms with van der Waals surface area (Å²) in [7, 11) is -1.98. The highest BCUT2D eigenvalue weighted by molar-refractivity contribution is 14.1. The average molecular weight is 638 g/mol. The smallest absolute Gasteiger partial charge is 0.254 e. The predicted molar refractivity (Wildman–Crippen MR) is 150 cm³/mol. The standard InChI is InChI=1S/C25H28IN5O5S/c1-16(2)37(33,34)22-7-5-4-6-20(22)28-23-18(26)15-27-25(30-23)29-19-9-8-17(14-21(19)35-3)24(32)31-10-12-36-13-11-31/h4-9,14-16H,10-13H2,1-3H3,(H2,27,28,29,30). The number of aromatic nitrogens is 2. The van der Waals surface area contributed by atoms with Crippen molar-refractivity contribution in [3.63, 3.8) is 0 Å². The van der Waals surface area contributed by atoms with Crippen LogP contribution in [0.2, 0.25) is 0 Å². The quantitative estimate of drug-likeness (QED) is 0.350. The number of benzene rings is 2. The Morgan fingerprint density at radius 1 is 1.11 bits per heavy atom. The number of methoxy groups -OCH3 is 1. The van der Waals surface area contributed by atoms with Gasteiger partial charge in [0.05, 0.1) is 45.4 Å². The van der Waals surface area contributed by atoms with E-state index in [0.29, 0.717) is 58.4 Å². The number of hydrogen-bond acceptors (Lipinski definition) is 9. The van der Waals surface area contributed by atoms with Crippen LogP contribution in [-0.2, 0) is 14.6 Å². The van der Waals surface area contributed by atoms with Crippen LogP contribution < -0.4 is 15.4 Å². The van der Waals surface area contributed by atoms with Gasteiger partial charge in [0, 0.05) is 24.8 Å². The number of rotatable bonds is 8. The summed E-state index contributed by atoms with van der Waals surface area (Å²) in [6.07, 6.45) is 1.63.